The van der Waals surface area contributed by atoms with E-state index < -0.39 is 17.8 Å². The van der Waals surface area contributed by atoms with E-state index in [2.05, 4.69) is 10.3 Å². The van der Waals surface area contributed by atoms with Crippen LogP contribution < -0.4 is 5.48 Å². The largest absolute Gasteiger partial charge is 0.481 e. The molecule has 0 spiro atoms. The molecule has 1 rings (SSSR count). The predicted octanol–water partition coefficient (Wildman–Crippen LogP) is 0.165. The Balaban J connectivity index is 2.57. The van der Waals surface area contributed by atoms with E-state index in [4.69, 9.17) is 5.11 Å². The Kier molecular flexibility index (Phi) is 3.25. The van der Waals surface area contributed by atoms with Crippen LogP contribution in [-0.2, 0) is 14.4 Å². The molecule has 0 aromatic carbocycles. The summed E-state index contributed by atoms with van der Waals surface area (Å²) in [5, 5.41) is 8.78. The van der Waals surface area contributed by atoms with Gasteiger partial charge in [-0.1, -0.05) is 6.42 Å². The number of rotatable bonds is 3. The van der Waals surface area contributed by atoms with E-state index >= 15 is 0 Å². The molecule has 0 aromatic rings. The van der Waals surface area contributed by atoms with Crippen LogP contribution in [0.3, 0.4) is 0 Å². The minimum atomic E-state index is -0.895. The third kappa shape index (κ3) is 2.18. The maximum Gasteiger partial charge on any atom is 0.307 e. The third-order valence-corrected chi connectivity index (χ3v) is 2.37. The van der Waals surface area contributed by atoms with Crippen LogP contribution in [0.15, 0.2) is 0 Å². The first-order valence-corrected chi connectivity index (χ1v) is 4.22. The summed E-state index contributed by atoms with van der Waals surface area (Å²) >= 11 is 0. The van der Waals surface area contributed by atoms with E-state index in [-0.39, 0.29) is 5.91 Å². The summed E-state index contributed by atoms with van der Waals surface area (Å²) in [6.45, 7) is 0. The Labute approximate surface area is 76.0 Å². The lowest BCUT2D eigenvalue weighted by molar-refractivity contribution is -0.148. The van der Waals surface area contributed by atoms with Crippen molar-refractivity contribution in [2.75, 3.05) is 7.11 Å². The summed E-state index contributed by atoms with van der Waals surface area (Å²) < 4.78 is 0. The molecular formula is C8H13NO4. The Morgan fingerprint density at radius 1 is 1.38 bits per heavy atom. The summed E-state index contributed by atoms with van der Waals surface area (Å²) in [6, 6.07) is 0. The van der Waals surface area contributed by atoms with Gasteiger partial charge in [-0.25, -0.2) is 5.48 Å². The van der Waals surface area contributed by atoms with Gasteiger partial charge in [-0.3, -0.25) is 14.4 Å². The van der Waals surface area contributed by atoms with Crippen molar-refractivity contribution in [3.63, 3.8) is 0 Å². The smallest absolute Gasteiger partial charge is 0.307 e. The normalized spacial score (nSPS) is 27.2. The first-order valence-electron chi connectivity index (χ1n) is 4.22. The number of carbonyl (C=O) groups excluding carboxylic acids is 1. The fourth-order valence-electron chi connectivity index (χ4n) is 1.75. The Morgan fingerprint density at radius 3 is 2.54 bits per heavy atom. The molecular weight excluding hydrogens is 174 g/mol. The number of carboxylic acid groups (broad SMARTS) is 1. The molecule has 0 aromatic heterocycles. The average molecular weight is 187 g/mol. The number of carbonyl (C=O) groups is 2. The molecule has 1 saturated carbocycles. The molecule has 5 heteroatoms. The fourth-order valence-corrected chi connectivity index (χ4v) is 1.75. The molecule has 1 amide bonds. The highest BCUT2D eigenvalue weighted by Gasteiger charge is 2.37. The average Bonchev–Trinajstić information content (AvgIpc) is 2.52. The molecule has 0 saturated heterocycles. The van der Waals surface area contributed by atoms with E-state index in [0.29, 0.717) is 12.8 Å². The fraction of sp³-hybridized carbons (Fsp3) is 0.750. The second kappa shape index (κ2) is 4.23. The quantitative estimate of drug-likeness (QED) is 0.617. The highest BCUT2D eigenvalue weighted by Crippen LogP contribution is 2.31. The zero-order valence-electron chi connectivity index (χ0n) is 7.45. The third-order valence-electron chi connectivity index (χ3n) is 2.37. The zero-order valence-corrected chi connectivity index (χ0v) is 7.45. The molecule has 2 N–H and O–H groups in total. The van der Waals surface area contributed by atoms with E-state index in [1.54, 1.807) is 0 Å². The Bertz CT molecular complexity index is 216. The topological polar surface area (TPSA) is 75.6 Å². The molecule has 0 aliphatic heterocycles. The SMILES string of the molecule is CONC(=O)[C@@H]1CCC[C@@H]1C(=O)O. The number of amides is 1. The maximum absolute atomic E-state index is 11.3. The first kappa shape index (κ1) is 9.98. The molecule has 0 radical (unpaired) electrons. The molecule has 0 bridgehead atoms. The van der Waals surface area contributed by atoms with E-state index in [1.807, 2.05) is 0 Å². The first-order chi connectivity index (χ1) is 6.16. The van der Waals surface area contributed by atoms with Gasteiger partial charge in [0.25, 0.3) is 0 Å². The van der Waals surface area contributed by atoms with Crippen LogP contribution in [0.2, 0.25) is 0 Å². The number of nitrogens with one attached hydrogen (secondary N) is 1. The lowest BCUT2D eigenvalue weighted by atomic mass is 9.96. The molecule has 1 fully saturated rings. The summed E-state index contributed by atoms with van der Waals surface area (Å²) in [6.07, 6.45) is 2.00. The van der Waals surface area contributed by atoms with Gasteiger partial charge in [-0.15, -0.1) is 0 Å². The summed E-state index contributed by atoms with van der Waals surface area (Å²) in [7, 11) is 1.34. The lowest BCUT2D eigenvalue weighted by Crippen LogP contribution is -2.34. The van der Waals surface area contributed by atoms with Gasteiger partial charge >= 0.3 is 5.97 Å². The van der Waals surface area contributed by atoms with Crippen molar-refractivity contribution in [3.05, 3.63) is 0 Å². The molecule has 13 heavy (non-hydrogen) atoms. The second-order valence-electron chi connectivity index (χ2n) is 3.15. The highest BCUT2D eigenvalue weighted by molar-refractivity contribution is 5.84. The van der Waals surface area contributed by atoms with Crippen LogP contribution in [0, 0.1) is 11.8 Å². The van der Waals surface area contributed by atoms with Crippen LogP contribution >= 0.6 is 0 Å². The molecule has 0 unspecified atom stereocenters. The van der Waals surface area contributed by atoms with E-state index in [0.717, 1.165) is 6.42 Å². The van der Waals surface area contributed by atoms with Crippen molar-refractivity contribution in [1.82, 2.24) is 5.48 Å². The Morgan fingerprint density at radius 2 is 2.00 bits per heavy atom. The minimum Gasteiger partial charge on any atom is -0.481 e. The standard InChI is InChI=1S/C8H13NO4/c1-13-9-7(10)5-3-2-4-6(5)8(11)12/h5-6H,2-4H2,1H3,(H,9,10)(H,11,12)/t5-,6+/m1/s1. The van der Waals surface area contributed by atoms with Crippen molar-refractivity contribution >= 4 is 11.9 Å². The van der Waals surface area contributed by atoms with Crippen LogP contribution in [0.1, 0.15) is 19.3 Å². The van der Waals surface area contributed by atoms with Crippen molar-refractivity contribution in [1.29, 1.82) is 0 Å². The van der Waals surface area contributed by atoms with Gasteiger partial charge in [0.2, 0.25) is 5.91 Å². The molecule has 1 aliphatic rings. The van der Waals surface area contributed by atoms with Crippen molar-refractivity contribution in [3.8, 4) is 0 Å². The molecule has 1 aliphatic carbocycles. The number of hydrogen-bond donors (Lipinski definition) is 2. The van der Waals surface area contributed by atoms with E-state index in [9.17, 15) is 9.59 Å². The lowest BCUT2D eigenvalue weighted by Gasteiger charge is -2.13. The zero-order chi connectivity index (χ0) is 9.84. The van der Waals surface area contributed by atoms with E-state index in [1.165, 1.54) is 7.11 Å². The van der Waals surface area contributed by atoms with Gasteiger partial charge in [0, 0.05) is 0 Å². The van der Waals surface area contributed by atoms with Gasteiger partial charge in [0.1, 0.15) is 0 Å². The molecule has 74 valence electrons. The number of hydrogen-bond acceptors (Lipinski definition) is 3. The molecule has 2 atom stereocenters. The van der Waals surface area contributed by atoms with Crippen molar-refractivity contribution < 1.29 is 19.5 Å². The highest BCUT2D eigenvalue weighted by atomic mass is 16.6. The van der Waals surface area contributed by atoms with Gasteiger partial charge < -0.3 is 5.11 Å². The van der Waals surface area contributed by atoms with Gasteiger partial charge in [0.05, 0.1) is 18.9 Å². The Hall–Kier alpha value is -1.10. The van der Waals surface area contributed by atoms with Crippen LogP contribution in [0.4, 0.5) is 0 Å². The predicted molar refractivity (Wildman–Crippen MR) is 43.6 cm³/mol. The van der Waals surface area contributed by atoms with Crippen LogP contribution in [-0.4, -0.2) is 24.1 Å². The minimum absolute atomic E-state index is 0.326. The monoisotopic (exact) mass is 187 g/mol. The van der Waals surface area contributed by atoms with Crippen molar-refractivity contribution in [2.24, 2.45) is 11.8 Å². The number of hydroxylamine groups is 1. The molecule has 0 heterocycles. The van der Waals surface area contributed by atoms with Crippen LogP contribution in [0.25, 0.3) is 0 Å². The maximum atomic E-state index is 11.3. The van der Waals surface area contributed by atoms with Crippen molar-refractivity contribution in [2.45, 2.75) is 19.3 Å². The number of aliphatic carboxylic acids is 1. The van der Waals surface area contributed by atoms with Gasteiger partial charge in [-0.2, -0.15) is 0 Å². The summed E-state index contributed by atoms with van der Waals surface area (Å²) in [5.41, 5.74) is 2.17. The van der Waals surface area contributed by atoms with Crippen LogP contribution in [0.5, 0.6) is 0 Å². The number of carboxylic acids is 1. The second-order valence-corrected chi connectivity index (χ2v) is 3.15. The summed E-state index contributed by atoms with van der Waals surface area (Å²) in [4.78, 5) is 26.4. The molecule has 5 nitrogen and oxygen atoms in total. The van der Waals surface area contributed by atoms with Gasteiger partial charge in [0.15, 0.2) is 0 Å². The summed E-state index contributed by atoms with van der Waals surface area (Å²) in [5.74, 6) is -2.20. The van der Waals surface area contributed by atoms with Gasteiger partial charge in [-0.05, 0) is 12.8 Å².